The molecule has 6 nitrogen and oxygen atoms in total. The van der Waals surface area contributed by atoms with Crippen LogP contribution in [0.1, 0.15) is 18.0 Å². The second kappa shape index (κ2) is 8.50. The van der Waals surface area contributed by atoms with Gasteiger partial charge in [-0.2, -0.15) is 5.10 Å². The summed E-state index contributed by atoms with van der Waals surface area (Å²) in [5.74, 6) is 0.315. The summed E-state index contributed by atoms with van der Waals surface area (Å²) in [6.07, 6.45) is 5.74. The number of likely N-dealkylation sites (tertiary alicyclic amines) is 1. The van der Waals surface area contributed by atoms with Gasteiger partial charge in [0.1, 0.15) is 11.4 Å². The number of pyridine rings is 1. The molecule has 1 unspecified atom stereocenters. The molecule has 1 atom stereocenters. The van der Waals surface area contributed by atoms with E-state index in [4.69, 9.17) is 9.84 Å². The van der Waals surface area contributed by atoms with Crippen LogP contribution >= 0.6 is 0 Å². The fraction of sp³-hybridized carbons (Fsp3) is 0.192. The summed E-state index contributed by atoms with van der Waals surface area (Å²) in [6, 6.07) is 14.5. The Bertz CT molecular complexity index is 1350. The first-order valence-electron chi connectivity index (χ1n) is 10.8. The largest absolute Gasteiger partial charge is 0.454 e. The Kier molecular flexibility index (Phi) is 5.38. The van der Waals surface area contributed by atoms with Gasteiger partial charge in [0.15, 0.2) is 11.6 Å². The van der Waals surface area contributed by atoms with Crippen LogP contribution in [0, 0.1) is 12.7 Å². The molecule has 5 rings (SSSR count). The number of carbonyl (C=O) groups is 1. The summed E-state index contributed by atoms with van der Waals surface area (Å²) in [4.78, 5) is 18.1. The second-order valence-electron chi connectivity index (χ2n) is 8.13. The topological polar surface area (TPSA) is 60.2 Å². The molecule has 0 N–H and O–H groups in total. The van der Waals surface area contributed by atoms with E-state index in [2.05, 4.69) is 11.6 Å². The summed E-state index contributed by atoms with van der Waals surface area (Å²) in [7, 11) is 0. The van der Waals surface area contributed by atoms with Crippen molar-refractivity contribution in [1.29, 1.82) is 0 Å². The van der Waals surface area contributed by atoms with Crippen LogP contribution < -0.4 is 4.74 Å². The summed E-state index contributed by atoms with van der Waals surface area (Å²) >= 11 is 0. The van der Waals surface area contributed by atoms with Crippen molar-refractivity contribution in [3.05, 3.63) is 85.0 Å². The third-order valence-corrected chi connectivity index (χ3v) is 6.02. The van der Waals surface area contributed by atoms with Crippen molar-refractivity contribution in [2.24, 2.45) is 0 Å². The molecule has 7 heteroatoms. The van der Waals surface area contributed by atoms with Gasteiger partial charge in [0.25, 0.3) is 0 Å². The molecule has 0 radical (unpaired) electrons. The van der Waals surface area contributed by atoms with Crippen LogP contribution in [0.4, 0.5) is 4.39 Å². The maximum Gasteiger partial charge on any atom is 0.246 e. The zero-order valence-electron chi connectivity index (χ0n) is 18.2. The Morgan fingerprint density at radius 2 is 2.03 bits per heavy atom. The number of benzene rings is 2. The standard InChI is InChI=1S/C26H23FN4O2/c1-3-24(32)30-14-12-19(16-30)31-22-11-13-28-15-21(22)26(29-31)18-7-9-20(10-8-18)33-23-6-4-5-17(2)25(23)27/h3-11,13,15,19H,1,12,14,16H2,2H3. The van der Waals surface area contributed by atoms with Gasteiger partial charge in [0.05, 0.1) is 11.6 Å². The molecule has 33 heavy (non-hydrogen) atoms. The lowest BCUT2D eigenvalue weighted by Gasteiger charge is -2.15. The van der Waals surface area contributed by atoms with E-state index in [1.807, 2.05) is 29.1 Å². The highest BCUT2D eigenvalue weighted by atomic mass is 19.1. The van der Waals surface area contributed by atoms with Crippen molar-refractivity contribution < 1.29 is 13.9 Å². The fourth-order valence-electron chi connectivity index (χ4n) is 4.25. The van der Waals surface area contributed by atoms with Crippen LogP contribution in [0.5, 0.6) is 11.5 Å². The SMILES string of the molecule is C=CC(=O)N1CCC(n2nc(-c3ccc(Oc4cccc(C)c4F)cc3)c3cnccc32)C1. The van der Waals surface area contributed by atoms with Crippen molar-refractivity contribution in [2.45, 2.75) is 19.4 Å². The van der Waals surface area contributed by atoms with Gasteiger partial charge >= 0.3 is 0 Å². The molecule has 0 bridgehead atoms. The number of aromatic nitrogens is 3. The van der Waals surface area contributed by atoms with E-state index in [-0.39, 0.29) is 23.5 Å². The third-order valence-electron chi connectivity index (χ3n) is 6.02. The molecule has 2 aromatic heterocycles. The lowest BCUT2D eigenvalue weighted by Crippen LogP contribution is -2.27. The van der Waals surface area contributed by atoms with Gasteiger partial charge in [-0.3, -0.25) is 14.5 Å². The average Bonchev–Trinajstić information content (AvgIpc) is 3.47. The molecule has 1 amide bonds. The second-order valence-corrected chi connectivity index (χ2v) is 8.13. The van der Waals surface area contributed by atoms with E-state index in [0.29, 0.717) is 24.4 Å². The molecular formula is C26H23FN4O2. The fourth-order valence-corrected chi connectivity index (χ4v) is 4.25. The summed E-state index contributed by atoms with van der Waals surface area (Å²) in [6.45, 7) is 6.57. The molecule has 2 aromatic carbocycles. The van der Waals surface area contributed by atoms with Gasteiger partial charge in [-0.05, 0) is 61.4 Å². The summed E-state index contributed by atoms with van der Waals surface area (Å²) in [5.41, 5.74) is 3.22. The quantitative estimate of drug-likeness (QED) is 0.394. The number of rotatable bonds is 5. The van der Waals surface area contributed by atoms with Crippen LogP contribution in [0.25, 0.3) is 22.2 Å². The van der Waals surface area contributed by atoms with Gasteiger partial charge < -0.3 is 9.64 Å². The van der Waals surface area contributed by atoms with Crippen LogP contribution in [-0.2, 0) is 4.79 Å². The van der Waals surface area contributed by atoms with Gasteiger partial charge in [0.2, 0.25) is 5.91 Å². The first-order chi connectivity index (χ1) is 16.0. The Morgan fingerprint density at radius 1 is 1.21 bits per heavy atom. The number of ether oxygens (including phenoxy) is 1. The van der Waals surface area contributed by atoms with E-state index in [0.717, 1.165) is 28.6 Å². The van der Waals surface area contributed by atoms with Gasteiger partial charge in [-0.25, -0.2) is 4.39 Å². The van der Waals surface area contributed by atoms with Crippen molar-refractivity contribution in [1.82, 2.24) is 19.7 Å². The first-order valence-corrected chi connectivity index (χ1v) is 10.8. The van der Waals surface area contributed by atoms with Gasteiger partial charge in [-0.15, -0.1) is 0 Å². The van der Waals surface area contributed by atoms with Crippen LogP contribution in [0.3, 0.4) is 0 Å². The Morgan fingerprint density at radius 3 is 2.82 bits per heavy atom. The zero-order valence-corrected chi connectivity index (χ0v) is 18.2. The van der Waals surface area contributed by atoms with E-state index >= 15 is 0 Å². The highest BCUT2D eigenvalue weighted by Crippen LogP contribution is 2.34. The summed E-state index contributed by atoms with van der Waals surface area (Å²) in [5, 5.41) is 5.85. The van der Waals surface area contributed by atoms with Crippen LogP contribution in [-0.4, -0.2) is 38.7 Å². The highest BCUT2D eigenvalue weighted by Gasteiger charge is 2.28. The average molecular weight is 442 g/mol. The Labute approximate surface area is 190 Å². The number of carbonyl (C=O) groups excluding carboxylic acids is 1. The number of hydrogen-bond acceptors (Lipinski definition) is 4. The molecule has 1 aliphatic heterocycles. The minimum absolute atomic E-state index is 0.0588. The molecule has 0 saturated carbocycles. The molecule has 3 heterocycles. The molecule has 1 fully saturated rings. The molecule has 1 aliphatic rings. The first kappa shape index (κ1) is 20.9. The Hall–Kier alpha value is -4.00. The van der Waals surface area contributed by atoms with Crippen molar-refractivity contribution in [3.8, 4) is 22.8 Å². The minimum atomic E-state index is -0.363. The van der Waals surface area contributed by atoms with Crippen molar-refractivity contribution >= 4 is 16.8 Å². The predicted octanol–water partition coefficient (Wildman–Crippen LogP) is 5.30. The van der Waals surface area contributed by atoms with Crippen LogP contribution in [0.2, 0.25) is 0 Å². The summed E-state index contributed by atoms with van der Waals surface area (Å²) < 4.78 is 22.0. The number of fused-ring (bicyclic) bond motifs is 1. The smallest absolute Gasteiger partial charge is 0.246 e. The lowest BCUT2D eigenvalue weighted by atomic mass is 10.1. The highest BCUT2D eigenvalue weighted by molar-refractivity contribution is 5.93. The molecule has 1 saturated heterocycles. The molecule has 4 aromatic rings. The van der Waals surface area contributed by atoms with E-state index in [9.17, 15) is 9.18 Å². The maximum absolute atomic E-state index is 14.3. The third kappa shape index (κ3) is 3.86. The molecular weight excluding hydrogens is 419 g/mol. The lowest BCUT2D eigenvalue weighted by molar-refractivity contribution is -0.125. The maximum atomic E-state index is 14.3. The monoisotopic (exact) mass is 442 g/mol. The van der Waals surface area contributed by atoms with E-state index in [1.54, 1.807) is 48.4 Å². The molecule has 0 spiro atoms. The minimum Gasteiger partial charge on any atom is -0.454 e. The van der Waals surface area contributed by atoms with Crippen molar-refractivity contribution in [3.63, 3.8) is 0 Å². The number of nitrogens with zero attached hydrogens (tertiary/aromatic N) is 4. The molecule has 0 aliphatic carbocycles. The number of hydrogen-bond donors (Lipinski definition) is 0. The zero-order chi connectivity index (χ0) is 22.9. The van der Waals surface area contributed by atoms with Gasteiger partial charge in [0, 0.05) is 36.4 Å². The number of halogens is 1. The normalized spacial score (nSPS) is 15.7. The van der Waals surface area contributed by atoms with E-state index in [1.165, 1.54) is 6.08 Å². The van der Waals surface area contributed by atoms with Crippen LogP contribution in [0.15, 0.2) is 73.6 Å². The number of aryl methyl sites for hydroxylation is 1. The Balaban J connectivity index is 1.45. The predicted molar refractivity (Wildman–Crippen MR) is 125 cm³/mol. The molecule has 166 valence electrons. The van der Waals surface area contributed by atoms with E-state index < -0.39 is 0 Å². The number of amides is 1. The van der Waals surface area contributed by atoms with Gasteiger partial charge in [-0.1, -0.05) is 18.7 Å². The van der Waals surface area contributed by atoms with Crippen molar-refractivity contribution in [2.75, 3.05) is 13.1 Å².